The summed E-state index contributed by atoms with van der Waals surface area (Å²) in [5, 5.41) is 12.9. The maximum absolute atomic E-state index is 10.4. The van der Waals surface area contributed by atoms with Crippen molar-refractivity contribution >= 4 is 44.9 Å². The van der Waals surface area contributed by atoms with Crippen molar-refractivity contribution in [1.82, 2.24) is 4.57 Å². The van der Waals surface area contributed by atoms with Crippen LogP contribution in [0.25, 0.3) is 27.5 Å². The van der Waals surface area contributed by atoms with Crippen LogP contribution >= 0.6 is 0 Å². The summed E-state index contributed by atoms with van der Waals surface area (Å²) < 4.78 is 2.42. The first-order valence-corrected chi connectivity index (χ1v) is 14.1. The molecule has 2 aliphatic heterocycles. The first kappa shape index (κ1) is 22.5. The van der Waals surface area contributed by atoms with E-state index in [1.54, 1.807) is 0 Å². The van der Waals surface area contributed by atoms with Gasteiger partial charge in [-0.15, -0.1) is 0 Å². The zero-order chi connectivity index (χ0) is 27.1. The lowest BCUT2D eigenvalue weighted by Gasteiger charge is -2.46. The highest BCUT2D eigenvalue weighted by atomic mass is 15.0. The number of benzene rings is 6. The van der Waals surface area contributed by atoms with Gasteiger partial charge in [0.15, 0.2) is 0 Å². The van der Waals surface area contributed by atoms with Gasteiger partial charge in [-0.1, -0.05) is 127 Å². The van der Waals surface area contributed by atoms with Gasteiger partial charge in [-0.25, -0.2) is 0 Å². The summed E-state index contributed by atoms with van der Waals surface area (Å²) in [6.45, 7) is 0.0602. The van der Waals surface area contributed by atoms with Crippen LogP contribution in [-0.4, -0.2) is 11.3 Å². The van der Waals surface area contributed by atoms with Crippen LogP contribution in [0.3, 0.4) is 0 Å². The van der Waals surface area contributed by atoms with Gasteiger partial charge < -0.3 is 4.57 Å². The summed E-state index contributed by atoms with van der Waals surface area (Å²) in [5.74, 6) is 0. The number of nitrogens with zero attached hydrogens (tertiary/aromatic N) is 2. The van der Waals surface area contributed by atoms with Crippen LogP contribution in [0.4, 0.5) is 0 Å². The Balaban J connectivity index is 1.56. The minimum absolute atomic E-state index is 0.0602. The fraction of sp³-hybridized carbons (Fsp3) is 0.0263. The molecule has 0 bridgehead atoms. The predicted molar refractivity (Wildman–Crippen MR) is 168 cm³/mol. The Kier molecular flexibility index (Phi) is 4.44. The van der Waals surface area contributed by atoms with Crippen LogP contribution in [0.15, 0.2) is 140 Å². The van der Waals surface area contributed by atoms with Crippen LogP contribution in [-0.2, 0) is 5.41 Å². The third kappa shape index (κ3) is 2.72. The van der Waals surface area contributed by atoms with E-state index in [4.69, 9.17) is 0 Å². The van der Waals surface area contributed by atoms with E-state index in [1.807, 2.05) is 0 Å². The first-order chi connectivity index (χ1) is 20.3. The highest BCUT2D eigenvalue weighted by Crippen LogP contribution is 2.48. The molecule has 7 aromatic rings. The van der Waals surface area contributed by atoms with Gasteiger partial charge in [0, 0.05) is 22.0 Å². The van der Waals surface area contributed by atoms with E-state index in [1.165, 1.54) is 60.4 Å². The molecule has 0 radical (unpaired) electrons. The smallest absolute Gasteiger partial charge is 0.247 e. The number of para-hydroxylation sites is 2. The van der Waals surface area contributed by atoms with Crippen LogP contribution in [0.2, 0.25) is 0 Å². The summed E-state index contributed by atoms with van der Waals surface area (Å²) in [6.07, 6.45) is 0. The second kappa shape index (κ2) is 8.10. The molecule has 2 aliphatic rings. The third-order valence-corrected chi connectivity index (χ3v) is 9.35. The number of hydrogen-bond acceptors (Lipinski definition) is 1. The van der Waals surface area contributed by atoms with Gasteiger partial charge in [0.05, 0.1) is 22.6 Å². The summed E-state index contributed by atoms with van der Waals surface area (Å²) in [4.78, 5) is 0. The molecule has 0 amide bonds. The molecule has 9 rings (SSSR count). The molecule has 1 aromatic heterocycles. The molecule has 0 saturated heterocycles. The minimum atomic E-state index is -0.582. The van der Waals surface area contributed by atoms with Gasteiger partial charge in [-0.05, 0) is 51.4 Å². The second-order valence-electron chi connectivity index (χ2n) is 11.2. The van der Waals surface area contributed by atoms with E-state index in [0.717, 1.165) is 5.69 Å². The lowest BCUT2D eigenvalue weighted by Crippen LogP contribution is -2.64. The average Bonchev–Trinajstić information content (AvgIpc) is 3.39. The quantitative estimate of drug-likeness (QED) is 0.251. The fourth-order valence-electron chi connectivity index (χ4n) is 7.91. The Bertz CT molecular complexity index is 2180. The molecule has 0 atom stereocenters. The molecule has 6 aromatic carbocycles. The lowest BCUT2D eigenvalue weighted by atomic mass is 9.29. The molecule has 3 heterocycles. The molecule has 41 heavy (non-hydrogen) atoms. The fourth-order valence-corrected chi connectivity index (χ4v) is 7.91. The van der Waals surface area contributed by atoms with Gasteiger partial charge in [0.25, 0.3) is 0 Å². The van der Waals surface area contributed by atoms with E-state index < -0.39 is 5.41 Å². The Labute approximate surface area is 238 Å². The van der Waals surface area contributed by atoms with Crippen LogP contribution in [0.5, 0.6) is 0 Å². The molecular weight excluding hydrogens is 495 g/mol. The molecular formula is C38H23BN2. The van der Waals surface area contributed by atoms with E-state index in [2.05, 4.69) is 150 Å². The van der Waals surface area contributed by atoms with Gasteiger partial charge in [-0.3, -0.25) is 0 Å². The van der Waals surface area contributed by atoms with Gasteiger partial charge in [0.1, 0.15) is 0 Å². The van der Waals surface area contributed by atoms with Crippen molar-refractivity contribution in [2.75, 3.05) is 0 Å². The molecule has 0 saturated carbocycles. The number of nitriles is 1. The van der Waals surface area contributed by atoms with Gasteiger partial charge >= 0.3 is 0 Å². The largest absolute Gasteiger partial charge is 0.310 e. The van der Waals surface area contributed by atoms with E-state index in [0.29, 0.717) is 5.56 Å². The van der Waals surface area contributed by atoms with Crippen molar-refractivity contribution in [3.63, 3.8) is 0 Å². The average molecular weight is 518 g/mol. The Hall–Kier alpha value is -5.33. The zero-order valence-corrected chi connectivity index (χ0v) is 22.3. The molecule has 2 nitrogen and oxygen atoms in total. The van der Waals surface area contributed by atoms with E-state index >= 15 is 0 Å². The first-order valence-electron chi connectivity index (χ1n) is 14.1. The highest BCUT2D eigenvalue weighted by molar-refractivity contribution is 6.99. The van der Waals surface area contributed by atoms with Crippen molar-refractivity contribution in [3.05, 3.63) is 167 Å². The summed E-state index contributed by atoms with van der Waals surface area (Å²) >= 11 is 0. The maximum Gasteiger partial charge on any atom is 0.247 e. The van der Waals surface area contributed by atoms with Crippen molar-refractivity contribution in [1.29, 1.82) is 5.26 Å². The summed E-state index contributed by atoms with van der Waals surface area (Å²) in [5.41, 5.74) is 12.4. The molecule has 0 spiro atoms. The number of hydrogen-bond donors (Lipinski definition) is 0. The molecule has 188 valence electrons. The second-order valence-corrected chi connectivity index (χ2v) is 11.2. The van der Waals surface area contributed by atoms with Crippen molar-refractivity contribution in [3.8, 4) is 11.8 Å². The third-order valence-electron chi connectivity index (χ3n) is 9.35. The molecule has 0 aliphatic carbocycles. The highest BCUT2D eigenvalue weighted by Gasteiger charge is 2.50. The van der Waals surface area contributed by atoms with Crippen molar-refractivity contribution < 1.29 is 0 Å². The normalized spacial score (nSPS) is 14.0. The minimum Gasteiger partial charge on any atom is -0.310 e. The van der Waals surface area contributed by atoms with Crippen LogP contribution in [0.1, 0.15) is 27.8 Å². The van der Waals surface area contributed by atoms with Gasteiger partial charge in [0.2, 0.25) is 6.71 Å². The van der Waals surface area contributed by atoms with Crippen LogP contribution in [0, 0.1) is 11.3 Å². The SMILES string of the molecule is N#Cc1cc2c3c(c1)C(c1ccccc1)(c1ccccc1)c1ccccc1B3c1cccc3c4ccccc4n-2c13. The monoisotopic (exact) mass is 518 g/mol. The maximum atomic E-state index is 10.4. The van der Waals surface area contributed by atoms with Gasteiger partial charge in [-0.2, -0.15) is 5.26 Å². The number of fused-ring (bicyclic) bond motifs is 7. The molecule has 3 heteroatoms. The standard InChI is InChI=1S/C38H23BN2/c40-24-25-22-31-36-35(23-25)41-34-21-10-7-16-28(34)29-17-11-20-33(37(29)41)39(36)32-19-9-8-18-30(32)38(31,26-12-3-1-4-13-26)27-14-5-2-6-15-27/h1-23H. The summed E-state index contributed by atoms with van der Waals surface area (Å²) in [6, 6.07) is 52.9. The van der Waals surface area contributed by atoms with Crippen molar-refractivity contribution in [2.45, 2.75) is 5.41 Å². The Morgan fingerprint density at radius 2 is 1.22 bits per heavy atom. The predicted octanol–water partition coefficient (Wildman–Crippen LogP) is 6.18. The van der Waals surface area contributed by atoms with Crippen LogP contribution < -0.4 is 16.4 Å². The topological polar surface area (TPSA) is 28.7 Å². The molecule has 0 fully saturated rings. The number of aromatic nitrogens is 1. The van der Waals surface area contributed by atoms with E-state index in [9.17, 15) is 5.26 Å². The van der Waals surface area contributed by atoms with Crippen molar-refractivity contribution in [2.24, 2.45) is 0 Å². The Morgan fingerprint density at radius 1 is 0.585 bits per heavy atom. The molecule has 0 unspecified atom stereocenters. The van der Waals surface area contributed by atoms with E-state index in [-0.39, 0.29) is 6.71 Å². The molecule has 0 N–H and O–H groups in total. The lowest BCUT2D eigenvalue weighted by molar-refractivity contribution is 0.749. The number of rotatable bonds is 2. The summed E-state index contributed by atoms with van der Waals surface area (Å²) in [7, 11) is 0. The Morgan fingerprint density at radius 3 is 1.98 bits per heavy atom. The zero-order valence-electron chi connectivity index (χ0n) is 22.3.